The summed E-state index contributed by atoms with van der Waals surface area (Å²) in [5.74, 6) is -1.17. The average molecular weight is 399 g/mol. The Morgan fingerprint density at radius 2 is 1.45 bits per heavy atom. The number of amides is 2. The molecule has 1 N–H and O–H groups in total. The number of hydrogen-bond acceptors (Lipinski definition) is 6. The molecule has 0 radical (unpaired) electrons. The van der Waals surface area contributed by atoms with Gasteiger partial charge in [0, 0.05) is 5.56 Å². The Balaban J connectivity index is 1.92. The van der Waals surface area contributed by atoms with Crippen LogP contribution in [0.4, 0.5) is 0 Å². The van der Waals surface area contributed by atoms with Crippen LogP contribution < -0.4 is 14.8 Å². The first-order chi connectivity index (χ1) is 13.7. The minimum absolute atomic E-state index is 0.0385. The Morgan fingerprint density at radius 1 is 0.862 bits per heavy atom. The first kappa shape index (κ1) is 21.9. The van der Waals surface area contributed by atoms with Crippen LogP contribution in [0, 0.1) is 0 Å². The van der Waals surface area contributed by atoms with Gasteiger partial charge in [0.1, 0.15) is 0 Å². The predicted octanol–water partition coefficient (Wildman–Crippen LogP) is 3.11. The van der Waals surface area contributed by atoms with Gasteiger partial charge in [-0.1, -0.05) is 32.9 Å². The number of imide groups is 1. The summed E-state index contributed by atoms with van der Waals surface area (Å²) in [7, 11) is 2.92. The second-order valence-electron chi connectivity index (χ2n) is 7.35. The van der Waals surface area contributed by atoms with Gasteiger partial charge in [-0.2, -0.15) is 0 Å². The van der Waals surface area contributed by atoms with E-state index >= 15 is 0 Å². The molecule has 0 unspecified atom stereocenters. The van der Waals surface area contributed by atoms with Crippen LogP contribution in [0.3, 0.4) is 0 Å². The van der Waals surface area contributed by atoms with E-state index in [2.05, 4.69) is 26.1 Å². The summed E-state index contributed by atoms with van der Waals surface area (Å²) in [5, 5.41) is 2.20. The summed E-state index contributed by atoms with van der Waals surface area (Å²) >= 11 is 0. The molecular weight excluding hydrogens is 374 g/mol. The fourth-order valence-electron chi connectivity index (χ4n) is 2.53. The predicted molar refractivity (Wildman–Crippen MR) is 107 cm³/mol. The molecular formula is C22H25NO6. The van der Waals surface area contributed by atoms with E-state index in [0.717, 1.165) is 5.56 Å². The van der Waals surface area contributed by atoms with Gasteiger partial charge in [-0.05, 0) is 41.3 Å². The summed E-state index contributed by atoms with van der Waals surface area (Å²) in [6.07, 6.45) is 0. The SMILES string of the molecule is COc1ccc(C(=O)OCC(=O)NC(=O)c2ccc(C(C)(C)C)cc2)cc1OC. The fourth-order valence-corrected chi connectivity index (χ4v) is 2.53. The molecule has 7 nitrogen and oxygen atoms in total. The lowest BCUT2D eigenvalue weighted by Crippen LogP contribution is -2.34. The molecule has 7 heteroatoms. The number of esters is 1. The van der Waals surface area contributed by atoms with Crippen LogP contribution in [-0.4, -0.2) is 38.6 Å². The summed E-state index contributed by atoms with van der Waals surface area (Å²) in [5.41, 5.74) is 1.57. The molecule has 2 aromatic rings. The van der Waals surface area contributed by atoms with Gasteiger partial charge in [0.2, 0.25) is 0 Å². The quantitative estimate of drug-likeness (QED) is 0.751. The van der Waals surface area contributed by atoms with E-state index in [1.807, 2.05) is 12.1 Å². The Morgan fingerprint density at radius 3 is 2.00 bits per heavy atom. The minimum Gasteiger partial charge on any atom is -0.493 e. The van der Waals surface area contributed by atoms with Gasteiger partial charge in [0.25, 0.3) is 11.8 Å². The van der Waals surface area contributed by atoms with Crippen molar-refractivity contribution in [2.45, 2.75) is 26.2 Å². The van der Waals surface area contributed by atoms with Gasteiger partial charge in [0.15, 0.2) is 18.1 Å². The Labute approximate surface area is 170 Å². The maximum absolute atomic E-state index is 12.2. The molecule has 0 aliphatic rings. The minimum atomic E-state index is -0.719. The van der Waals surface area contributed by atoms with Crippen molar-refractivity contribution in [1.29, 1.82) is 0 Å². The highest BCUT2D eigenvalue weighted by molar-refractivity contribution is 6.05. The maximum atomic E-state index is 12.2. The number of benzene rings is 2. The first-order valence-electron chi connectivity index (χ1n) is 8.99. The van der Waals surface area contributed by atoms with Gasteiger partial charge in [-0.25, -0.2) is 4.79 Å². The molecule has 0 heterocycles. The van der Waals surface area contributed by atoms with E-state index in [0.29, 0.717) is 17.1 Å². The van der Waals surface area contributed by atoms with Gasteiger partial charge in [-0.15, -0.1) is 0 Å². The molecule has 0 saturated carbocycles. The van der Waals surface area contributed by atoms with Crippen molar-refractivity contribution in [3.05, 3.63) is 59.2 Å². The third kappa shape index (κ3) is 5.81. The van der Waals surface area contributed by atoms with E-state index in [4.69, 9.17) is 14.2 Å². The lowest BCUT2D eigenvalue weighted by molar-refractivity contribution is -0.123. The smallest absolute Gasteiger partial charge is 0.338 e. The average Bonchev–Trinajstić information content (AvgIpc) is 2.70. The van der Waals surface area contributed by atoms with Crippen molar-refractivity contribution in [1.82, 2.24) is 5.32 Å². The fraction of sp³-hybridized carbons (Fsp3) is 0.318. The zero-order chi connectivity index (χ0) is 21.6. The number of carbonyl (C=O) groups is 3. The van der Waals surface area contributed by atoms with Crippen LogP contribution in [0.1, 0.15) is 47.1 Å². The van der Waals surface area contributed by atoms with Gasteiger partial charge in [-0.3, -0.25) is 14.9 Å². The molecule has 2 amide bonds. The van der Waals surface area contributed by atoms with Crippen molar-refractivity contribution in [3.8, 4) is 11.5 Å². The zero-order valence-electron chi connectivity index (χ0n) is 17.2. The number of hydrogen-bond donors (Lipinski definition) is 1. The maximum Gasteiger partial charge on any atom is 0.338 e. The topological polar surface area (TPSA) is 90.9 Å². The molecule has 2 aromatic carbocycles. The molecule has 0 bridgehead atoms. The molecule has 0 aromatic heterocycles. The first-order valence-corrected chi connectivity index (χ1v) is 8.99. The van der Waals surface area contributed by atoms with Crippen LogP contribution >= 0.6 is 0 Å². The third-order valence-electron chi connectivity index (χ3n) is 4.22. The number of carbonyl (C=O) groups excluding carboxylic acids is 3. The van der Waals surface area contributed by atoms with Crippen molar-refractivity contribution in [3.63, 3.8) is 0 Å². The number of ether oxygens (including phenoxy) is 3. The molecule has 2 rings (SSSR count). The summed E-state index contributed by atoms with van der Waals surface area (Å²) in [6.45, 7) is 5.62. The summed E-state index contributed by atoms with van der Waals surface area (Å²) in [6, 6.07) is 11.5. The van der Waals surface area contributed by atoms with E-state index in [1.54, 1.807) is 18.2 Å². The zero-order valence-corrected chi connectivity index (χ0v) is 17.2. The molecule has 29 heavy (non-hydrogen) atoms. The largest absolute Gasteiger partial charge is 0.493 e. The highest BCUT2D eigenvalue weighted by atomic mass is 16.5. The number of nitrogens with one attached hydrogen (secondary N) is 1. The summed E-state index contributed by atoms with van der Waals surface area (Å²) in [4.78, 5) is 36.3. The van der Waals surface area contributed by atoms with Crippen molar-refractivity contribution < 1.29 is 28.6 Å². The van der Waals surface area contributed by atoms with Gasteiger partial charge >= 0.3 is 5.97 Å². The van der Waals surface area contributed by atoms with E-state index in [-0.39, 0.29) is 11.0 Å². The van der Waals surface area contributed by atoms with E-state index in [1.165, 1.54) is 26.4 Å². The van der Waals surface area contributed by atoms with Crippen LogP contribution in [-0.2, 0) is 14.9 Å². The van der Waals surface area contributed by atoms with Crippen LogP contribution in [0.5, 0.6) is 11.5 Å². The molecule has 154 valence electrons. The Hall–Kier alpha value is -3.35. The molecule has 0 spiro atoms. The molecule has 0 saturated heterocycles. The van der Waals surface area contributed by atoms with Crippen LogP contribution in [0.15, 0.2) is 42.5 Å². The van der Waals surface area contributed by atoms with Crippen LogP contribution in [0.25, 0.3) is 0 Å². The van der Waals surface area contributed by atoms with Crippen LogP contribution in [0.2, 0.25) is 0 Å². The van der Waals surface area contributed by atoms with Gasteiger partial charge < -0.3 is 14.2 Å². The molecule has 0 aliphatic heterocycles. The normalized spacial score (nSPS) is 10.8. The summed E-state index contributed by atoms with van der Waals surface area (Å²) < 4.78 is 15.2. The monoisotopic (exact) mass is 399 g/mol. The lowest BCUT2D eigenvalue weighted by atomic mass is 9.87. The molecule has 0 aliphatic carbocycles. The molecule has 0 atom stereocenters. The van der Waals surface area contributed by atoms with Crippen molar-refractivity contribution in [2.24, 2.45) is 0 Å². The number of methoxy groups -OCH3 is 2. The Kier molecular flexibility index (Phi) is 6.98. The molecule has 0 fully saturated rings. The second-order valence-corrected chi connectivity index (χ2v) is 7.35. The van der Waals surface area contributed by atoms with E-state index < -0.39 is 24.4 Å². The highest BCUT2D eigenvalue weighted by Gasteiger charge is 2.17. The van der Waals surface area contributed by atoms with Gasteiger partial charge in [0.05, 0.1) is 19.8 Å². The third-order valence-corrected chi connectivity index (χ3v) is 4.22. The number of rotatable bonds is 6. The highest BCUT2D eigenvalue weighted by Crippen LogP contribution is 2.27. The van der Waals surface area contributed by atoms with Crippen molar-refractivity contribution in [2.75, 3.05) is 20.8 Å². The Bertz CT molecular complexity index is 897. The van der Waals surface area contributed by atoms with Crippen molar-refractivity contribution >= 4 is 17.8 Å². The second kappa shape index (κ2) is 9.23. The standard InChI is InChI=1S/C22H25NO6/c1-22(2,3)16-9-6-14(7-10-16)20(25)23-19(24)13-29-21(26)15-8-11-17(27-4)18(12-15)28-5/h6-12H,13H2,1-5H3,(H,23,24,25). The van der Waals surface area contributed by atoms with E-state index in [9.17, 15) is 14.4 Å². The lowest BCUT2D eigenvalue weighted by Gasteiger charge is -2.19.